The molecule has 0 saturated carbocycles. The lowest BCUT2D eigenvalue weighted by atomic mass is 10.0. The number of amides is 1. The van der Waals surface area contributed by atoms with Crippen LogP contribution >= 0.6 is 11.6 Å². The molecular formula is C18H18ClNO4. The van der Waals surface area contributed by atoms with Gasteiger partial charge < -0.3 is 19.5 Å². The second kappa shape index (κ2) is 7.55. The summed E-state index contributed by atoms with van der Waals surface area (Å²) in [5.41, 5.74) is 0.954. The predicted molar refractivity (Wildman–Crippen MR) is 90.6 cm³/mol. The Bertz CT molecular complexity index is 697. The number of benzene rings is 2. The fraction of sp³-hybridized carbons (Fsp3) is 0.278. The maximum atomic E-state index is 11.4. The maximum Gasteiger partial charge on any atom is 0.246 e. The van der Waals surface area contributed by atoms with Crippen LogP contribution in [0.15, 0.2) is 48.5 Å². The van der Waals surface area contributed by atoms with E-state index in [9.17, 15) is 4.79 Å². The lowest BCUT2D eigenvalue weighted by Crippen LogP contribution is -2.46. The molecule has 1 N–H and O–H groups in total. The summed E-state index contributed by atoms with van der Waals surface area (Å²) in [5, 5.41) is 3.38. The molecule has 0 bridgehead atoms. The molecule has 2 atom stereocenters. The summed E-state index contributed by atoms with van der Waals surface area (Å²) in [6, 6.07) is 14.9. The number of carbonyl (C=O) groups is 1. The fourth-order valence-electron chi connectivity index (χ4n) is 2.58. The normalized spacial score (nSPS) is 18.6. The summed E-state index contributed by atoms with van der Waals surface area (Å²) in [6.45, 7) is 0.406. The van der Waals surface area contributed by atoms with Gasteiger partial charge in [-0.25, -0.2) is 0 Å². The molecule has 1 aliphatic heterocycles. The second-order valence-corrected chi connectivity index (χ2v) is 5.83. The molecule has 2 aromatic carbocycles. The molecule has 1 heterocycles. The summed E-state index contributed by atoms with van der Waals surface area (Å²) >= 11 is 6.01. The Hall–Kier alpha value is -2.24. The molecule has 1 saturated heterocycles. The lowest BCUT2D eigenvalue weighted by Gasteiger charge is -2.31. The molecule has 126 valence electrons. The number of morpholine rings is 1. The fourth-order valence-corrected chi connectivity index (χ4v) is 2.74. The van der Waals surface area contributed by atoms with E-state index in [4.69, 9.17) is 25.8 Å². The van der Waals surface area contributed by atoms with Crippen LogP contribution < -0.4 is 14.8 Å². The number of hydrogen-bond acceptors (Lipinski definition) is 4. The van der Waals surface area contributed by atoms with Gasteiger partial charge in [0, 0.05) is 17.6 Å². The third-order valence-electron chi connectivity index (χ3n) is 3.77. The molecule has 0 aromatic heterocycles. The number of halogens is 1. The van der Waals surface area contributed by atoms with Gasteiger partial charge in [-0.15, -0.1) is 0 Å². The molecule has 6 heteroatoms. The van der Waals surface area contributed by atoms with Gasteiger partial charge in [0.1, 0.15) is 12.7 Å². The summed E-state index contributed by atoms with van der Waals surface area (Å²) in [6.07, 6.45) is -0.688. The zero-order valence-electron chi connectivity index (χ0n) is 13.2. The number of hydrogen-bond donors (Lipinski definition) is 1. The predicted octanol–water partition coefficient (Wildman–Crippen LogP) is 2.98. The Morgan fingerprint density at radius 3 is 2.67 bits per heavy atom. The minimum absolute atomic E-state index is 0.0229. The highest BCUT2D eigenvalue weighted by Gasteiger charge is 2.30. The third-order valence-corrected chi connectivity index (χ3v) is 4.01. The molecule has 1 unspecified atom stereocenters. The topological polar surface area (TPSA) is 56.8 Å². The van der Waals surface area contributed by atoms with E-state index in [1.165, 1.54) is 0 Å². The Balaban J connectivity index is 1.89. The van der Waals surface area contributed by atoms with Crippen molar-refractivity contribution in [3.63, 3.8) is 0 Å². The Kier molecular flexibility index (Phi) is 5.23. The van der Waals surface area contributed by atoms with E-state index in [2.05, 4.69) is 5.32 Å². The van der Waals surface area contributed by atoms with Crippen molar-refractivity contribution < 1.29 is 19.0 Å². The molecule has 0 aliphatic carbocycles. The van der Waals surface area contributed by atoms with Crippen molar-refractivity contribution in [1.82, 2.24) is 5.32 Å². The van der Waals surface area contributed by atoms with E-state index >= 15 is 0 Å². The molecule has 3 rings (SSSR count). The molecule has 0 radical (unpaired) electrons. The Morgan fingerprint density at radius 1 is 1.21 bits per heavy atom. The third kappa shape index (κ3) is 3.80. The average Bonchev–Trinajstić information content (AvgIpc) is 2.62. The van der Waals surface area contributed by atoms with E-state index in [-0.39, 0.29) is 24.7 Å². The largest absolute Gasteiger partial charge is 0.493 e. The van der Waals surface area contributed by atoms with Crippen LogP contribution in [-0.4, -0.2) is 32.3 Å². The van der Waals surface area contributed by atoms with Gasteiger partial charge in [-0.05, 0) is 17.7 Å². The van der Waals surface area contributed by atoms with Crippen LogP contribution in [0.1, 0.15) is 11.7 Å². The van der Waals surface area contributed by atoms with Gasteiger partial charge in [0.15, 0.2) is 17.6 Å². The monoisotopic (exact) mass is 347 g/mol. The van der Waals surface area contributed by atoms with E-state index in [1.54, 1.807) is 25.3 Å². The number of methoxy groups -OCH3 is 1. The maximum absolute atomic E-state index is 11.4. The van der Waals surface area contributed by atoms with Crippen molar-refractivity contribution in [3.8, 4) is 11.5 Å². The van der Waals surface area contributed by atoms with Crippen LogP contribution in [0.3, 0.4) is 0 Å². The SMILES string of the molecule is COc1cc(Cl)ccc1OC(c1ccccc1)[C@H]1CNC(=O)CO1. The van der Waals surface area contributed by atoms with E-state index in [1.807, 2.05) is 30.3 Å². The van der Waals surface area contributed by atoms with Crippen molar-refractivity contribution in [2.45, 2.75) is 12.2 Å². The van der Waals surface area contributed by atoms with Gasteiger partial charge in [0.2, 0.25) is 5.91 Å². The molecule has 5 nitrogen and oxygen atoms in total. The van der Waals surface area contributed by atoms with Crippen LogP contribution in [0, 0.1) is 0 Å². The Morgan fingerprint density at radius 2 is 2.00 bits per heavy atom. The van der Waals surface area contributed by atoms with Crippen LogP contribution in [0.25, 0.3) is 0 Å². The lowest BCUT2D eigenvalue weighted by molar-refractivity contribution is -0.137. The van der Waals surface area contributed by atoms with Crippen molar-refractivity contribution in [2.75, 3.05) is 20.3 Å². The van der Waals surface area contributed by atoms with Crippen LogP contribution in [0.4, 0.5) is 0 Å². The van der Waals surface area contributed by atoms with Crippen LogP contribution in [-0.2, 0) is 9.53 Å². The first kappa shape index (κ1) is 16.6. The van der Waals surface area contributed by atoms with Gasteiger partial charge in [-0.2, -0.15) is 0 Å². The highest BCUT2D eigenvalue weighted by molar-refractivity contribution is 6.30. The number of ether oxygens (including phenoxy) is 3. The van der Waals surface area contributed by atoms with Crippen LogP contribution in [0.2, 0.25) is 5.02 Å². The average molecular weight is 348 g/mol. The molecule has 1 amide bonds. The molecule has 1 aliphatic rings. The van der Waals surface area contributed by atoms with Gasteiger partial charge >= 0.3 is 0 Å². The molecular weight excluding hydrogens is 330 g/mol. The van der Waals surface area contributed by atoms with Crippen LogP contribution in [0.5, 0.6) is 11.5 Å². The zero-order chi connectivity index (χ0) is 16.9. The molecule has 2 aromatic rings. The smallest absolute Gasteiger partial charge is 0.246 e. The van der Waals surface area contributed by atoms with E-state index < -0.39 is 0 Å². The van der Waals surface area contributed by atoms with Crippen molar-refractivity contribution in [2.24, 2.45) is 0 Å². The summed E-state index contributed by atoms with van der Waals surface area (Å²) in [4.78, 5) is 11.4. The van der Waals surface area contributed by atoms with Crippen molar-refractivity contribution in [1.29, 1.82) is 0 Å². The van der Waals surface area contributed by atoms with E-state index in [0.29, 0.717) is 23.1 Å². The molecule has 1 fully saturated rings. The zero-order valence-corrected chi connectivity index (χ0v) is 14.0. The van der Waals surface area contributed by atoms with Gasteiger partial charge in [-0.1, -0.05) is 41.9 Å². The van der Waals surface area contributed by atoms with Gasteiger partial charge in [-0.3, -0.25) is 4.79 Å². The van der Waals surface area contributed by atoms with Crippen molar-refractivity contribution in [3.05, 3.63) is 59.1 Å². The first-order valence-electron chi connectivity index (χ1n) is 7.61. The van der Waals surface area contributed by atoms with Gasteiger partial charge in [0.05, 0.1) is 7.11 Å². The number of carbonyl (C=O) groups excluding carboxylic acids is 1. The quantitative estimate of drug-likeness (QED) is 0.903. The van der Waals surface area contributed by atoms with E-state index in [0.717, 1.165) is 5.56 Å². The summed E-state index contributed by atoms with van der Waals surface area (Å²) in [5.74, 6) is 0.988. The summed E-state index contributed by atoms with van der Waals surface area (Å²) < 4.78 is 17.2. The van der Waals surface area contributed by atoms with Crippen molar-refractivity contribution >= 4 is 17.5 Å². The number of rotatable bonds is 5. The Labute approximate surface area is 145 Å². The first-order valence-corrected chi connectivity index (χ1v) is 7.98. The molecule has 0 spiro atoms. The highest BCUT2D eigenvalue weighted by Crippen LogP contribution is 2.35. The molecule has 24 heavy (non-hydrogen) atoms. The van der Waals surface area contributed by atoms with Gasteiger partial charge in [0.25, 0.3) is 0 Å². The minimum atomic E-state index is -0.387. The second-order valence-electron chi connectivity index (χ2n) is 5.40. The minimum Gasteiger partial charge on any atom is -0.493 e. The summed E-state index contributed by atoms with van der Waals surface area (Å²) in [7, 11) is 1.56. The first-order chi connectivity index (χ1) is 11.7. The standard InChI is InChI=1S/C18H18ClNO4/c1-22-15-9-13(19)7-8-14(15)24-18(12-5-3-2-4-6-12)16-10-20-17(21)11-23-16/h2-9,16,18H,10-11H2,1H3,(H,20,21)/t16-,18?/m1/s1. The highest BCUT2D eigenvalue weighted by atomic mass is 35.5. The number of nitrogens with one attached hydrogen (secondary N) is 1.